The van der Waals surface area contributed by atoms with Crippen molar-refractivity contribution in [3.8, 4) is 17.2 Å². The molecule has 1 fully saturated rings. The number of benzene rings is 1. The molecule has 0 aliphatic carbocycles. The molecular weight excluding hydrogens is 440 g/mol. The first kappa shape index (κ1) is 23.9. The van der Waals surface area contributed by atoms with E-state index in [0.29, 0.717) is 30.3 Å². The fourth-order valence-corrected chi connectivity index (χ4v) is 4.74. The molecule has 1 atom stereocenters. The van der Waals surface area contributed by atoms with Gasteiger partial charge < -0.3 is 29.1 Å². The molecular formula is C21H28N2O8S. The molecule has 3 rings (SSSR count). The molecule has 1 aromatic heterocycles. The Labute approximate surface area is 187 Å². The van der Waals surface area contributed by atoms with Crippen LogP contribution >= 0.6 is 0 Å². The Kier molecular flexibility index (Phi) is 7.99. The molecule has 1 aliphatic rings. The van der Waals surface area contributed by atoms with E-state index in [9.17, 15) is 18.3 Å². The number of rotatable bonds is 10. The summed E-state index contributed by atoms with van der Waals surface area (Å²) in [6.07, 6.45) is 1.55. The van der Waals surface area contributed by atoms with Crippen LogP contribution in [0.2, 0.25) is 0 Å². The van der Waals surface area contributed by atoms with Crippen LogP contribution in [-0.2, 0) is 10.0 Å². The number of aliphatic hydroxyl groups is 1. The van der Waals surface area contributed by atoms with E-state index in [1.165, 1.54) is 30.7 Å². The van der Waals surface area contributed by atoms with E-state index in [1.807, 2.05) is 0 Å². The summed E-state index contributed by atoms with van der Waals surface area (Å²) >= 11 is 0. The van der Waals surface area contributed by atoms with E-state index >= 15 is 0 Å². The number of amides is 1. The van der Waals surface area contributed by atoms with Gasteiger partial charge in [0, 0.05) is 19.6 Å². The minimum Gasteiger partial charge on any atom is -0.493 e. The molecule has 2 heterocycles. The van der Waals surface area contributed by atoms with Gasteiger partial charge in [0.25, 0.3) is 15.9 Å². The summed E-state index contributed by atoms with van der Waals surface area (Å²) < 4.78 is 48.0. The van der Waals surface area contributed by atoms with Gasteiger partial charge in [-0.1, -0.05) is 12.5 Å². The number of carbonyl (C=O) groups is 1. The molecule has 1 unspecified atom stereocenters. The number of ether oxygens (including phenoxy) is 3. The van der Waals surface area contributed by atoms with Crippen LogP contribution in [0.5, 0.6) is 17.2 Å². The number of hydrogen-bond donors (Lipinski definition) is 2. The van der Waals surface area contributed by atoms with Crippen molar-refractivity contribution in [1.82, 2.24) is 9.62 Å². The second-order valence-electron chi connectivity index (χ2n) is 7.25. The molecule has 0 bridgehead atoms. The van der Waals surface area contributed by atoms with Crippen molar-refractivity contribution in [2.45, 2.75) is 30.5 Å². The van der Waals surface area contributed by atoms with Crippen LogP contribution in [0.3, 0.4) is 0 Å². The van der Waals surface area contributed by atoms with Crippen LogP contribution in [0.15, 0.2) is 39.8 Å². The summed E-state index contributed by atoms with van der Waals surface area (Å²) in [5.41, 5.74) is 0. The van der Waals surface area contributed by atoms with Gasteiger partial charge in [0.15, 0.2) is 17.3 Å². The Morgan fingerprint density at radius 1 is 1.12 bits per heavy atom. The summed E-state index contributed by atoms with van der Waals surface area (Å²) in [7, 11) is -0.790. The third-order valence-electron chi connectivity index (χ3n) is 5.02. The van der Waals surface area contributed by atoms with Crippen molar-refractivity contribution >= 4 is 15.9 Å². The van der Waals surface area contributed by atoms with E-state index in [-0.39, 0.29) is 24.0 Å². The van der Waals surface area contributed by atoms with E-state index in [0.717, 1.165) is 19.3 Å². The third kappa shape index (κ3) is 5.53. The van der Waals surface area contributed by atoms with Crippen molar-refractivity contribution in [3.05, 3.63) is 36.1 Å². The second kappa shape index (κ2) is 10.7. The predicted molar refractivity (Wildman–Crippen MR) is 115 cm³/mol. The van der Waals surface area contributed by atoms with Gasteiger partial charge in [0.1, 0.15) is 12.7 Å². The Bertz CT molecular complexity index is 992. The maximum Gasteiger partial charge on any atom is 0.287 e. The van der Waals surface area contributed by atoms with Crippen molar-refractivity contribution in [3.63, 3.8) is 0 Å². The van der Waals surface area contributed by atoms with Crippen molar-refractivity contribution < 1.29 is 36.9 Å². The topological polar surface area (TPSA) is 128 Å². The standard InChI is InChI=1S/C21H28N2O8S/c1-28-16-7-6-8-17(29-2)20(16)30-14-15(24)13-22-21(25)18-9-10-19(31-18)32(26,27)23-11-4-3-5-12-23/h6-10,15,24H,3-5,11-14H2,1-2H3,(H,22,25). The highest BCUT2D eigenvalue weighted by Crippen LogP contribution is 2.36. The highest BCUT2D eigenvalue weighted by atomic mass is 32.2. The molecule has 10 nitrogen and oxygen atoms in total. The SMILES string of the molecule is COc1cccc(OC)c1OCC(O)CNC(=O)c1ccc(S(=O)(=O)N2CCCCC2)o1. The molecule has 0 radical (unpaired) electrons. The molecule has 176 valence electrons. The lowest BCUT2D eigenvalue weighted by atomic mass is 10.2. The molecule has 11 heteroatoms. The highest BCUT2D eigenvalue weighted by Gasteiger charge is 2.29. The summed E-state index contributed by atoms with van der Waals surface area (Å²) in [6, 6.07) is 7.70. The highest BCUT2D eigenvalue weighted by molar-refractivity contribution is 7.89. The third-order valence-corrected chi connectivity index (χ3v) is 6.79. The van der Waals surface area contributed by atoms with Crippen LogP contribution in [0.25, 0.3) is 0 Å². The Hall–Kier alpha value is -2.76. The molecule has 0 spiro atoms. The second-order valence-corrected chi connectivity index (χ2v) is 9.12. The molecule has 2 N–H and O–H groups in total. The fraction of sp³-hybridized carbons (Fsp3) is 0.476. The molecule has 2 aromatic rings. The van der Waals surface area contributed by atoms with Gasteiger partial charge >= 0.3 is 0 Å². The summed E-state index contributed by atoms with van der Waals surface area (Å²) in [6.45, 7) is 0.608. The molecule has 1 aromatic carbocycles. The van der Waals surface area contributed by atoms with Crippen molar-refractivity contribution in [2.75, 3.05) is 40.5 Å². The number of nitrogens with one attached hydrogen (secondary N) is 1. The molecule has 1 amide bonds. The minimum atomic E-state index is -3.76. The number of hydrogen-bond acceptors (Lipinski definition) is 8. The van der Waals surface area contributed by atoms with Crippen LogP contribution in [0, 0.1) is 0 Å². The lowest BCUT2D eigenvalue weighted by Crippen LogP contribution is -2.36. The number of aliphatic hydroxyl groups excluding tert-OH is 1. The lowest BCUT2D eigenvalue weighted by molar-refractivity contribution is 0.0809. The van der Waals surface area contributed by atoms with E-state index < -0.39 is 22.0 Å². The normalized spacial score (nSPS) is 15.7. The number of nitrogens with zero attached hydrogens (tertiary/aromatic N) is 1. The first-order valence-electron chi connectivity index (χ1n) is 10.3. The Morgan fingerprint density at radius 2 is 1.78 bits per heavy atom. The van der Waals surface area contributed by atoms with E-state index in [1.54, 1.807) is 18.2 Å². The van der Waals surface area contributed by atoms with Gasteiger partial charge in [-0.2, -0.15) is 4.31 Å². The fourth-order valence-electron chi connectivity index (χ4n) is 3.31. The van der Waals surface area contributed by atoms with Gasteiger partial charge in [0.2, 0.25) is 10.8 Å². The zero-order valence-electron chi connectivity index (χ0n) is 18.1. The number of sulfonamides is 1. The summed E-state index contributed by atoms with van der Waals surface area (Å²) in [4.78, 5) is 12.3. The number of methoxy groups -OCH3 is 2. The van der Waals surface area contributed by atoms with E-state index in [2.05, 4.69) is 5.32 Å². The average Bonchev–Trinajstić information content (AvgIpc) is 3.33. The monoisotopic (exact) mass is 468 g/mol. The van der Waals surface area contributed by atoms with Gasteiger partial charge in [-0.3, -0.25) is 4.79 Å². The van der Waals surface area contributed by atoms with Gasteiger partial charge in [-0.15, -0.1) is 0 Å². The summed E-state index contributed by atoms with van der Waals surface area (Å²) in [5.74, 6) is 0.429. The molecule has 1 saturated heterocycles. The van der Waals surface area contributed by atoms with Crippen LogP contribution < -0.4 is 19.5 Å². The van der Waals surface area contributed by atoms with Crippen LogP contribution in [-0.4, -0.2) is 70.3 Å². The van der Waals surface area contributed by atoms with Crippen LogP contribution in [0.4, 0.5) is 0 Å². The zero-order chi connectivity index (χ0) is 23.1. The van der Waals surface area contributed by atoms with Gasteiger partial charge in [-0.25, -0.2) is 8.42 Å². The van der Waals surface area contributed by atoms with Crippen molar-refractivity contribution in [1.29, 1.82) is 0 Å². The number of furan rings is 1. The molecule has 32 heavy (non-hydrogen) atoms. The quantitative estimate of drug-likeness (QED) is 0.539. The molecule has 0 saturated carbocycles. The smallest absolute Gasteiger partial charge is 0.287 e. The Balaban J connectivity index is 1.54. The zero-order valence-corrected chi connectivity index (χ0v) is 18.9. The number of carbonyl (C=O) groups excluding carboxylic acids is 1. The number of piperidine rings is 1. The maximum absolute atomic E-state index is 12.6. The van der Waals surface area contributed by atoms with E-state index in [4.69, 9.17) is 18.6 Å². The van der Waals surface area contributed by atoms with Gasteiger partial charge in [-0.05, 0) is 37.1 Å². The maximum atomic E-state index is 12.6. The molecule has 1 aliphatic heterocycles. The van der Waals surface area contributed by atoms with Gasteiger partial charge in [0.05, 0.1) is 14.2 Å². The average molecular weight is 469 g/mol. The minimum absolute atomic E-state index is 0.134. The first-order valence-corrected chi connectivity index (χ1v) is 11.7. The summed E-state index contributed by atoms with van der Waals surface area (Å²) in [5, 5.41) is 12.4. The predicted octanol–water partition coefficient (Wildman–Crippen LogP) is 1.64. The van der Waals surface area contributed by atoms with Crippen molar-refractivity contribution in [2.24, 2.45) is 0 Å². The Morgan fingerprint density at radius 3 is 2.41 bits per heavy atom. The number of para-hydroxylation sites is 1. The first-order chi connectivity index (χ1) is 15.4. The largest absolute Gasteiger partial charge is 0.493 e. The lowest BCUT2D eigenvalue weighted by Gasteiger charge is -2.24. The van der Waals surface area contributed by atoms with Crippen LogP contribution in [0.1, 0.15) is 29.8 Å².